The van der Waals surface area contributed by atoms with Crippen molar-refractivity contribution in [2.45, 2.75) is 12.3 Å². The summed E-state index contributed by atoms with van der Waals surface area (Å²) in [6, 6.07) is 10.4. The highest BCUT2D eigenvalue weighted by atomic mass is 35.5. The van der Waals surface area contributed by atoms with Gasteiger partial charge in [0.1, 0.15) is 5.82 Å². The van der Waals surface area contributed by atoms with Crippen LogP contribution in [0.3, 0.4) is 0 Å². The molecule has 1 atom stereocenters. The van der Waals surface area contributed by atoms with Crippen LogP contribution in [0.2, 0.25) is 5.02 Å². The summed E-state index contributed by atoms with van der Waals surface area (Å²) in [5, 5.41) is 17.7. The summed E-state index contributed by atoms with van der Waals surface area (Å²) < 4.78 is 39.4. The third-order valence-electron chi connectivity index (χ3n) is 3.67. The number of hydrogen-bond acceptors (Lipinski definition) is 5. The van der Waals surface area contributed by atoms with Crippen LogP contribution < -0.4 is 10.5 Å². The molecule has 4 N–H and O–H groups in total. The summed E-state index contributed by atoms with van der Waals surface area (Å²) in [6.07, 6.45) is 0.826. The van der Waals surface area contributed by atoms with E-state index < -0.39 is 21.8 Å². The van der Waals surface area contributed by atoms with Crippen LogP contribution in [-0.4, -0.2) is 20.4 Å². The standard InChI is InChI=1S/C17H16ClFN4O2S/c1-26(24,25)23-15-4-2-3-13(17(15)22)16(21)12(7-8-20)11-6-5-10(18)9-14(11)19/h2-6,9,12,21,23H,7,22H2,1H3. The number of hydrogen-bond donors (Lipinski definition) is 3. The molecule has 0 amide bonds. The van der Waals surface area contributed by atoms with Crippen LogP contribution in [-0.2, 0) is 10.0 Å². The number of sulfonamides is 1. The van der Waals surface area contributed by atoms with E-state index >= 15 is 0 Å². The normalized spacial score (nSPS) is 12.2. The van der Waals surface area contributed by atoms with E-state index in [1.807, 2.05) is 6.07 Å². The Balaban J connectivity index is 2.50. The van der Waals surface area contributed by atoms with E-state index in [0.717, 1.165) is 12.3 Å². The zero-order chi connectivity index (χ0) is 19.5. The van der Waals surface area contributed by atoms with Crippen LogP contribution in [0, 0.1) is 22.6 Å². The lowest BCUT2D eigenvalue weighted by atomic mass is 9.86. The van der Waals surface area contributed by atoms with Crippen molar-refractivity contribution in [2.24, 2.45) is 0 Å². The van der Waals surface area contributed by atoms with Gasteiger partial charge in [0.05, 0.1) is 23.7 Å². The number of para-hydroxylation sites is 1. The molecular formula is C17H16ClFN4O2S. The Hall–Kier alpha value is -2.63. The number of nitrogens with one attached hydrogen (secondary N) is 2. The van der Waals surface area contributed by atoms with Crippen molar-refractivity contribution >= 4 is 38.7 Å². The number of nitrogens with zero attached hydrogens (tertiary/aromatic N) is 1. The third-order valence-corrected chi connectivity index (χ3v) is 4.50. The molecule has 0 aliphatic heterocycles. The molecule has 2 rings (SSSR count). The molecule has 136 valence electrons. The van der Waals surface area contributed by atoms with Crippen molar-refractivity contribution in [3.8, 4) is 6.07 Å². The third kappa shape index (κ3) is 4.50. The van der Waals surface area contributed by atoms with Crippen molar-refractivity contribution in [2.75, 3.05) is 16.7 Å². The quantitative estimate of drug-likeness (QED) is 0.513. The van der Waals surface area contributed by atoms with Crippen LogP contribution in [0.4, 0.5) is 15.8 Å². The Morgan fingerprint density at radius 2 is 2.12 bits per heavy atom. The zero-order valence-corrected chi connectivity index (χ0v) is 15.3. The van der Waals surface area contributed by atoms with Gasteiger partial charge in [-0.1, -0.05) is 29.8 Å². The molecule has 26 heavy (non-hydrogen) atoms. The Labute approximate surface area is 156 Å². The molecule has 0 radical (unpaired) electrons. The molecule has 0 spiro atoms. The van der Waals surface area contributed by atoms with Gasteiger partial charge < -0.3 is 11.1 Å². The van der Waals surface area contributed by atoms with Crippen molar-refractivity contribution in [3.63, 3.8) is 0 Å². The van der Waals surface area contributed by atoms with Gasteiger partial charge in [-0.15, -0.1) is 0 Å². The maximum absolute atomic E-state index is 14.3. The molecule has 1 unspecified atom stereocenters. The monoisotopic (exact) mass is 394 g/mol. The van der Waals surface area contributed by atoms with E-state index in [0.29, 0.717) is 0 Å². The number of nitrogen functional groups attached to an aromatic ring is 1. The van der Waals surface area contributed by atoms with Gasteiger partial charge in [0.15, 0.2) is 0 Å². The van der Waals surface area contributed by atoms with Crippen LogP contribution in [0.5, 0.6) is 0 Å². The van der Waals surface area contributed by atoms with Crippen molar-refractivity contribution in [1.82, 2.24) is 0 Å². The second kappa shape index (κ2) is 7.72. The molecule has 2 aromatic carbocycles. The van der Waals surface area contributed by atoms with E-state index in [1.54, 1.807) is 0 Å². The molecule has 0 aliphatic rings. The van der Waals surface area contributed by atoms with Gasteiger partial charge in [-0.2, -0.15) is 5.26 Å². The average molecular weight is 395 g/mol. The lowest BCUT2D eigenvalue weighted by Gasteiger charge is -2.19. The van der Waals surface area contributed by atoms with E-state index in [1.165, 1.54) is 30.3 Å². The Morgan fingerprint density at radius 1 is 1.42 bits per heavy atom. The van der Waals surface area contributed by atoms with Gasteiger partial charge in [-0.3, -0.25) is 4.72 Å². The van der Waals surface area contributed by atoms with Crippen molar-refractivity contribution in [1.29, 1.82) is 10.7 Å². The first-order valence-electron chi connectivity index (χ1n) is 7.41. The number of benzene rings is 2. The van der Waals surface area contributed by atoms with Crippen LogP contribution >= 0.6 is 11.6 Å². The SMILES string of the molecule is CS(=O)(=O)Nc1cccc(C(=N)C(CC#N)c2ccc(Cl)cc2F)c1N. The maximum Gasteiger partial charge on any atom is 0.229 e. The van der Waals surface area contributed by atoms with Gasteiger partial charge in [0, 0.05) is 28.6 Å². The molecule has 0 saturated heterocycles. The lowest BCUT2D eigenvalue weighted by Crippen LogP contribution is -2.18. The second-order valence-corrected chi connectivity index (χ2v) is 7.82. The summed E-state index contributed by atoms with van der Waals surface area (Å²) >= 11 is 5.76. The molecule has 0 bridgehead atoms. The summed E-state index contributed by atoms with van der Waals surface area (Å²) in [5.74, 6) is -1.51. The van der Waals surface area contributed by atoms with E-state index in [4.69, 9.17) is 28.0 Å². The topological polar surface area (TPSA) is 120 Å². The van der Waals surface area contributed by atoms with Crippen molar-refractivity contribution in [3.05, 3.63) is 58.4 Å². The molecule has 0 saturated carbocycles. The lowest BCUT2D eigenvalue weighted by molar-refractivity contribution is 0.604. The molecule has 0 aromatic heterocycles. The predicted molar refractivity (Wildman–Crippen MR) is 101 cm³/mol. The summed E-state index contributed by atoms with van der Waals surface area (Å²) in [4.78, 5) is 0. The minimum Gasteiger partial charge on any atom is -0.396 e. The van der Waals surface area contributed by atoms with E-state index in [-0.39, 0.29) is 39.7 Å². The summed E-state index contributed by atoms with van der Waals surface area (Å²) in [6.45, 7) is 0. The van der Waals surface area contributed by atoms with Gasteiger partial charge in [0.2, 0.25) is 10.0 Å². The molecule has 0 fully saturated rings. The van der Waals surface area contributed by atoms with Gasteiger partial charge >= 0.3 is 0 Å². The summed E-state index contributed by atoms with van der Waals surface area (Å²) in [5.41, 5.74) is 6.40. The molecule has 0 aliphatic carbocycles. The summed E-state index contributed by atoms with van der Waals surface area (Å²) in [7, 11) is -3.56. The number of rotatable bonds is 6. The zero-order valence-electron chi connectivity index (χ0n) is 13.8. The minimum atomic E-state index is -3.56. The number of nitriles is 1. The van der Waals surface area contributed by atoms with Gasteiger partial charge in [-0.05, 0) is 23.8 Å². The fraction of sp³-hybridized carbons (Fsp3) is 0.176. The molecule has 9 heteroatoms. The Bertz CT molecular complexity index is 1000. The van der Waals surface area contributed by atoms with Crippen molar-refractivity contribution < 1.29 is 12.8 Å². The predicted octanol–water partition coefficient (Wildman–Crippen LogP) is 3.50. The van der Waals surface area contributed by atoms with E-state index in [9.17, 15) is 12.8 Å². The molecule has 0 heterocycles. The highest BCUT2D eigenvalue weighted by molar-refractivity contribution is 7.92. The van der Waals surface area contributed by atoms with Crippen LogP contribution in [0.15, 0.2) is 36.4 Å². The Kier molecular flexibility index (Phi) is 5.85. The first kappa shape index (κ1) is 19.7. The number of anilines is 2. The minimum absolute atomic E-state index is 0.0280. The van der Waals surface area contributed by atoms with Crippen LogP contribution in [0.25, 0.3) is 0 Å². The molecule has 2 aromatic rings. The largest absolute Gasteiger partial charge is 0.396 e. The second-order valence-electron chi connectivity index (χ2n) is 5.64. The number of halogens is 2. The smallest absolute Gasteiger partial charge is 0.229 e. The van der Waals surface area contributed by atoms with Gasteiger partial charge in [0.25, 0.3) is 0 Å². The first-order valence-corrected chi connectivity index (χ1v) is 9.68. The van der Waals surface area contributed by atoms with Crippen LogP contribution in [0.1, 0.15) is 23.5 Å². The number of nitrogens with two attached hydrogens (primary N) is 1. The van der Waals surface area contributed by atoms with Gasteiger partial charge in [-0.25, -0.2) is 12.8 Å². The first-order chi connectivity index (χ1) is 12.1. The molecule has 6 nitrogen and oxygen atoms in total. The molecular weight excluding hydrogens is 379 g/mol. The van der Waals surface area contributed by atoms with E-state index in [2.05, 4.69) is 4.72 Å². The maximum atomic E-state index is 14.3. The Morgan fingerprint density at radius 3 is 2.69 bits per heavy atom. The highest BCUT2D eigenvalue weighted by Crippen LogP contribution is 2.32. The fourth-order valence-electron chi connectivity index (χ4n) is 2.52. The average Bonchev–Trinajstić information content (AvgIpc) is 2.53. The highest BCUT2D eigenvalue weighted by Gasteiger charge is 2.24. The fourth-order valence-corrected chi connectivity index (χ4v) is 3.26.